The maximum Gasteiger partial charge on any atom is 0.164 e. The summed E-state index contributed by atoms with van der Waals surface area (Å²) in [6.45, 7) is 0. The Morgan fingerprint density at radius 1 is 0.479 bits per heavy atom. The summed E-state index contributed by atoms with van der Waals surface area (Å²) in [6.07, 6.45) is 4.08. The highest BCUT2D eigenvalue weighted by atomic mass is 16.3. The number of allylic oxidation sites excluding steroid dienone is 1. The number of hydrogen-bond donors (Lipinski definition) is 0. The predicted octanol–water partition coefficient (Wildman–Crippen LogP) is 11.0. The van der Waals surface area contributed by atoms with Crippen LogP contribution in [0.4, 0.5) is 0 Å². The van der Waals surface area contributed by atoms with Gasteiger partial charge in [-0.15, -0.1) is 0 Å². The second-order valence-corrected chi connectivity index (χ2v) is 12.3. The third kappa shape index (κ3) is 4.28. The predicted molar refractivity (Wildman–Crippen MR) is 193 cm³/mol. The van der Waals surface area contributed by atoms with Gasteiger partial charge in [-0.3, -0.25) is 0 Å². The first-order valence-corrected chi connectivity index (χ1v) is 16.2. The first-order chi connectivity index (χ1) is 23.8. The van der Waals surface area contributed by atoms with E-state index in [1.165, 1.54) is 10.8 Å². The lowest BCUT2D eigenvalue weighted by molar-refractivity contribution is 0.546. The van der Waals surface area contributed by atoms with Crippen LogP contribution in [0.1, 0.15) is 23.3 Å². The Labute approximate surface area is 275 Å². The average molecular weight is 618 g/mol. The SMILES string of the molecule is C1=C(c2cc(-c3nc(-c4ccccc4)nc(-c4ccccc4)n3)c3c(c2)oc2ccccc23)c2c(oc3cc4ccccc4cc23)CC1. The summed E-state index contributed by atoms with van der Waals surface area (Å²) in [5, 5.41) is 5.50. The Kier molecular flexibility index (Phi) is 5.93. The second kappa shape index (κ2) is 10.6. The zero-order valence-electron chi connectivity index (χ0n) is 25.9. The van der Waals surface area contributed by atoms with E-state index >= 15 is 0 Å². The molecule has 0 saturated carbocycles. The van der Waals surface area contributed by atoms with Crippen LogP contribution in [0.15, 0.2) is 148 Å². The normalized spacial score (nSPS) is 13.0. The molecule has 48 heavy (non-hydrogen) atoms. The lowest BCUT2D eigenvalue weighted by Gasteiger charge is -2.16. The Bertz CT molecular complexity index is 2660. The van der Waals surface area contributed by atoms with Crippen molar-refractivity contribution < 1.29 is 8.83 Å². The number of nitrogens with zero attached hydrogens (tertiary/aromatic N) is 3. The van der Waals surface area contributed by atoms with Gasteiger partial charge in [0.2, 0.25) is 0 Å². The lowest BCUT2D eigenvalue weighted by Crippen LogP contribution is -2.02. The number of aryl methyl sites for hydroxylation is 1. The van der Waals surface area contributed by atoms with Crippen LogP contribution in [0.2, 0.25) is 0 Å². The van der Waals surface area contributed by atoms with Crippen LogP contribution in [-0.4, -0.2) is 15.0 Å². The Morgan fingerprint density at radius 3 is 1.88 bits per heavy atom. The van der Waals surface area contributed by atoms with Crippen molar-refractivity contribution in [3.8, 4) is 34.2 Å². The molecule has 0 aliphatic heterocycles. The van der Waals surface area contributed by atoms with E-state index in [1.807, 2.05) is 78.9 Å². The lowest BCUT2D eigenvalue weighted by atomic mass is 9.87. The van der Waals surface area contributed by atoms with E-state index in [4.69, 9.17) is 23.8 Å². The second-order valence-electron chi connectivity index (χ2n) is 12.3. The molecule has 0 saturated heterocycles. The van der Waals surface area contributed by atoms with Gasteiger partial charge in [0, 0.05) is 44.8 Å². The number of para-hydroxylation sites is 1. The molecule has 10 rings (SSSR count). The molecule has 6 aromatic carbocycles. The molecule has 226 valence electrons. The molecule has 0 unspecified atom stereocenters. The molecule has 9 aromatic rings. The Hall–Kier alpha value is -6.33. The molecule has 1 aliphatic carbocycles. The van der Waals surface area contributed by atoms with Gasteiger partial charge in [0.05, 0.1) is 0 Å². The molecule has 0 amide bonds. The average Bonchev–Trinajstić information content (AvgIpc) is 3.72. The number of rotatable bonds is 4. The molecule has 0 bridgehead atoms. The highest BCUT2D eigenvalue weighted by Crippen LogP contribution is 2.44. The number of benzene rings is 6. The van der Waals surface area contributed by atoms with Crippen molar-refractivity contribution in [2.45, 2.75) is 12.8 Å². The van der Waals surface area contributed by atoms with Crippen molar-refractivity contribution in [2.24, 2.45) is 0 Å². The summed E-state index contributed by atoms with van der Waals surface area (Å²) in [6, 6.07) is 45.6. The van der Waals surface area contributed by atoms with Gasteiger partial charge >= 0.3 is 0 Å². The fourth-order valence-corrected chi connectivity index (χ4v) is 7.13. The van der Waals surface area contributed by atoms with Gasteiger partial charge in [0.25, 0.3) is 0 Å². The number of hydrogen-bond acceptors (Lipinski definition) is 5. The summed E-state index contributed by atoms with van der Waals surface area (Å²) < 4.78 is 13.1. The minimum Gasteiger partial charge on any atom is -0.460 e. The zero-order chi connectivity index (χ0) is 31.6. The molecular formula is C43H27N3O2. The van der Waals surface area contributed by atoms with Crippen LogP contribution in [-0.2, 0) is 6.42 Å². The van der Waals surface area contributed by atoms with Gasteiger partial charge in [-0.1, -0.05) is 109 Å². The third-order valence-corrected chi connectivity index (χ3v) is 9.35. The quantitative estimate of drug-likeness (QED) is 0.197. The Balaban J connectivity index is 1.25. The molecular weight excluding hydrogens is 590 g/mol. The molecule has 0 atom stereocenters. The van der Waals surface area contributed by atoms with Gasteiger partial charge < -0.3 is 8.83 Å². The number of aromatic nitrogens is 3. The van der Waals surface area contributed by atoms with E-state index < -0.39 is 0 Å². The molecule has 3 heterocycles. The summed E-state index contributed by atoms with van der Waals surface area (Å²) in [7, 11) is 0. The maximum atomic E-state index is 6.57. The fourth-order valence-electron chi connectivity index (χ4n) is 7.13. The third-order valence-electron chi connectivity index (χ3n) is 9.35. The van der Waals surface area contributed by atoms with Crippen molar-refractivity contribution >= 4 is 49.3 Å². The van der Waals surface area contributed by atoms with Crippen LogP contribution in [0, 0.1) is 0 Å². The van der Waals surface area contributed by atoms with Crippen LogP contribution < -0.4 is 0 Å². The summed E-state index contributed by atoms with van der Waals surface area (Å²) >= 11 is 0. The van der Waals surface area contributed by atoms with E-state index in [1.54, 1.807) is 0 Å². The van der Waals surface area contributed by atoms with E-state index in [2.05, 4.69) is 60.7 Å². The summed E-state index contributed by atoms with van der Waals surface area (Å²) in [5.74, 6) is 2.86. The first-order valence-electron chi connectivity index (χ1n) is 16.2. The van der Waals surface area contributed by atoms with Crippen molar-refractivity contribution in [2.75, 3.05) is 0 Å². The molecule has 5 heteroatoms. The molecule has 0 N–H and O–H groups in total. The number of furan rings is 2. The molecule has 0 spiro atoms. The maximum absolute atomic E-state index is 6.57. The van der Waals surface area contributed by atoms with Crippen molar-refractivity contribution in [1.82, 2.24) is 15.0 Å². The van der Waals surface area contributed by atoms with Crippen molar-refractivity contribution in [3.63, 3.8) is 0 Å². The van der Waals surface area contributed by atoms with Crippen LogP contribution >= 0.6 is 0 Å². The topological polar surface area (TPSA) is 65.0 Å². The highest BCUT2D eigenvalue weighted by Gasteiger charge is 2.25. The minimum absolute atomic E-state index is 0.598. The molecule has 0 fully saturated rings. The fraction of sp³-hybridized carbons (Fsp3) is 0.0465. The van der Waals surface area contributed by atoms with Gasteiger partial charge in [-0.05, 0) is 58.7 Å². The molecule has 3 aromatic heterocycles. The van der Waals surface area contributed by atoms with E-state index in [0.717, 1.165) is 84.9 Å². The Morgan fingerprint density at radius 2 is 1.12 bits per heavy atom. The standard InChI is InChI=1S/C43H27N3O2/c1-3-12-26(13-4-1)41-44-42(27-14-5-2-6-15-27)46-43(45-41)34-23-30(25-38-40(34)32-18-9-10-20-35(32)47-38)31-19-11-21-36-39(31)33-22-28-16-7-8-17-29(28)24-37(33)48-36/h1-10,12-20,22-25H,11,21H2. The van der Waals surface area contributed by atoms with Gasteiger partial charge in [0.15, 0.2) is 17.5 Å². The molecule has 0 radical (unpaired) electrons. The summed E-state index contributed by atoms with van der Waals surface area (Å²) in [4.78, 5) is 15.2. The highest BCUT2D eigenvalue weighted by molar-refractivity contribution is 6.14. The first kappa shape index (κ1) is 26.8. The zero-order valence-corrected chi connectivity index (χ0v) is 25.9. The van der Waals surface area contributed by atoms with Crippen LogP contribution in [0.5, 0.6) is 0 Å². The van der Waals surface area contributed by atoms with Crippen molar-refractivity contribution in [3.05, 3.63) is 156 Å². The van der Waals surface area contributed by atoms with Gasteiger partial charge in [0.1, 0.15) is 22.5 Å². The molecule has 1 aliphatic rings. The van der Waals surface area contributed by atoms with E-state index in [0.29, 0.717) is 17.5 Å². The number of fused-ring (bicyclic) bond motifs is 7. The van der Waals surface area contributed by atoms with Gasteiger partial charge in [-0.25, -0.2) is 15.0 Å². The largest absolute Gasteiger partial charge is 0.460 e. The smallest absolute Gasteiger partial charge is 0.164 e. The van der Waals surface area contributed by atoms with Crippen molar-refractivity contribution in [1.29, 1.82) is 0 Å². The monoisotopic (exact) mass is 617 g/mol. The summed E-state index contributed by atoms with van der Waals surface area (Å²) in [5.41, 5.74) is 8.60. The van der Waals surface area contributed by atoms with Gasteiger partial charge in [-0.2, -0.15) is 0 Å². The minimum atomic E-state index is 0.598. The van der Waals surface area contributed by atoms with Crippen LogP contribution in [0.3, 0.4) is 0 Å². The van der Waals surface area contributed by atoms with E-state index in [-0.39, 0.29) is 0 Å². The van der Waals surface area contributed by atoms with Crippen LogP contribution in [0.25, 0.3) is 83.4 Å². The molecule has 5 nitrogen and oxygen atoms in total. The van der Waals surface area contributed by atoms with E-state index in [9.17, 15) is 0 Å².